The number of nitrogens with zero attached hydrogens (tertiary/aromatic N) is 1. The van der Waals surface area contributed by atoms with Gasteiger partial charge in [0.25, 0.3) is 0 Å². The molecule has 13 heteroatoms. The Hall–Kier alpha value is -0.876. The van der Waals surface area contributed by atoms with Gasteiger partial charge in [-0.1, -0.05) is 24.3 Å². The number of alkyl halides is 3. The number of benzene rings is 1. The van der Waals surface area contributed by atoms with Gasteiger partial charge in [0.15, 0.2) is 10.0 Å². The first-order valence-electron chi connectivity index (χ1n) is 6.83. The van der Waals surface area contributed by atoms with Crippen LogP contribution in [0.1, 0.15) is 15.9 Å². The number of aryl methyl sites for hydroxylation is 1. The molecule has 0 unspecified atom stereocenters. The molecule has 1 aromatic carbocycles. The predicted molar refractivity (Wildman–Crippen MR) is 84.4 cm³/mol. The van der Waals surface area contributed by atoms with Gasteiger partial charge in [-0.2, -0.15) is 13.2 Å². The normalized spacial score (nSPS) is 12.4. The smallest absolute Gasteiger partial charge is 0.534 e. The van der Waals surface area contributed by atoms with Crippen LogP contribution in [0.4, 0.5) is 13.2 Å². The maximum Gasteiger partial charge on any atom is 1.00 e. The van der Waals surface area contributed by atoms with E-state index in [0.29, 0.717) is 12.5 Å². The summed E-state index contributed by atoms with van der Waals surface area (Å²) in [6.07, 6.45) is 0.466. The fourth-order valence-corrected chi connectivity index (χ4v) is 4.02. The molecule has 1 rings (SSSR count). The summed E-state index contributed by atoms with van der Waals surface area (Å²) in [5.74, 6) is -1.49. The zero-order valence-electron chi connectivity index (χ0n) is 14.7. The molecule has 0 saturated heterocycles. The van der Waals surface area contributed by atoms with Crippen LogP contribution in [0.15, 0.2) is 24.3 Å². The number of halogens is 3. The van der Waals surface area contributed by atoms with E-state index < -0.39 is 30.2 Å². The van der Waals surface area contributed by atoms with E-state index in [9.17, 15) is 26.4 Å². The Labute approximate surface area is 162 Å². The van der Waals surface area contributed by atoms with Crippen molar-refractivity contribution in [1.82, 2.24) is 0 Å². The zero-order valence-corrected chi connectivity index (χ0v) is 16.5. The van der Waals surface area contributed by atoms with Gasteiger partial charge in [0.2, 0.25) is 0 Å². The van der Waals surface area contributed by atoms with Crippen LogP contribution in [0, 0.1) is 0 Å². The number of rotatable bonds is 8. The monoisotopic (exact) mass is 407 g/mol. The van der Waals surface area contributed by atoms with Crippen LogP contribution in [-0.2, 0) is 29.7 Å². The van der Waals surface area contributed by atoms with Gasteiger partial charge >= 0.3 is 33.2 Å². The third-order valence-electron chi connectivity index (χ3n) is 3.35. The second-order valence-corrected chi connectivity index (χ2v) is 9.50. The van der Waals surface area contributed by atoms with Crippen LogP contribution in [0.5, 0.6) is 0 Å². The van der Waals surface area contributed by atoms with Crippen molar-refractivity contribution < 1.29 is 58.5 Å². The van der Waals surface area contributed by atoms with Gasteiger partial charge in [0.1, 0.15) is 0 Å². The quantitative estimate of drug-likeness (QED) is 0.538. The Morgan fingerprint density at radius 3 is 1.92 bits per heavy atom. The second-order valence-electron chi connectivity index (χ2n) is 4.81. The van der Waals surface area contributed by atoms with E-state index in [4.69, 9.17) is 13.3 Å². The number of carbonyl (C=O) groups is 1. The molecule has 0 spiro atoms. The van der Waals surface area contributed by atoms with Gasteiger partial charge in [0, 0.05) is 27.4 Å². The molecular weight excluding hydrogens is 390 g/mol. The first-order chi connectivity index (χ1) is 11.5. The number of amides is 1. The molecule has 1 aromatic rings. The molecule has 0 fully saturated rings. The fraction of sp³-hybridized carbons (Fsp3) is 0.462. The maximum atomic E-state index is 12.2. The molecule has 1 amide bonds. The van der Waals surface area contributed by atoms with Gasteiger partial charge in [-0.25, -0.2) is 8.42 Å². The van der Waals surface area contributed by atoms with E-state index >= 15 is 0 Å². The summed E-state index contributed by atoms with van der Waals surface area (Å²) < 4.78 is 76.4. The van der Waals surface area contributed by atoms with Gasteiger partial charge in [-0.3, -0.25) is 0 Å². The third kappa shape index (κ3) is 6.38. The van der Waals surface area contributed by atoms with Gasteiger partial charge in [-0.05, 0) is 17.5 Å². The Bertz CT molecular complexity index is 687. The fourth-order valence-electron chi connectivity index (χ4n) is 1.88. The molecule has 0 N–H and O–H groups in total. The van der Waals surface area contributed by atoms with Crippen molar-refractivity contribution in [3.63, 3.8) is 0 Å². The van der Waals surface area contributed by atoms with Crippen molar-refractivity contribution in [3.05, 3.63) is 40.1 Å². The minimum Gasteiger partial charge on any atom is -0.534 e. The number of hydrogen-bond donors (Lipinski definition) is 0. The average molecular weight is 407 g/mol. The van der Waals surface area contributed by atoms with E-state index in [1.54, 1.807) is 0 Å². The van der Waals surface area contributed by atoms with Crippen LogP contribution in [0.2, 0.25) is 6.04 Å². The molecule has 0 aliphatic heterocycles. The number of hydrogen-bond acceptors (Lipinski definition) is 6. The molecule has 0 bridgehead atoms. The summed E-state index contributed by atoms with van der Waals surface area (Å²) in [5.41, 5.74) is -5.15. The summed E-state index contributed by atoms with van der Waals surface area (Å²) in [7, 11) is -4.26. The van der Waals surface area contributed by atoms with Crippen molar-refractivity contribution in [1.29, 1.82) is 0 Å². The first kappa shape index (κ1) is 25.1. The Balaban J connectivity index is 0.00000625. The average Bonchev–Trinajstić information content (AvgIpc) is 2.55. The maximum absolute atomic E-state index is 12.2. The molecule has 26 heavy (non-hydrogen) atoms. The van der Waals surface area contributed by atoms with Crippen LogP contribution in [0.25, 0.3) is 4.72 Å². The summed E-state index contributed by atoms with van der Waals surface area (Å²) in [6, 6.07) is 5.79. The molecule has 0 radical (unpaired) electrons. The van der Waals surface area contributed by atoms with E-state index in [2.05, 4.69) is 4.72 Å². The summed E-state index contributed by atoms with van der Waals surface area (Å²) in [6.45, 7) is 0. The Kier molecular flexibility index (Phi) is 9.55. The van der Waals surface area contributed by atoms with Gasteiger partial charge in [0.05, 0.1) is 5.91 Å². The molecule has 0 saturated carbocycles. The van der Waals surface area contributed by atoms with Crippen molar-refractivity contribution in [2.24, 2.45) is 0 Å². The minimum absolute atomic E-state index is 0. The Morgan fingerprint density at radius 2 is 1.54 bits per heavy atom. The van der Waals surface area contributed by atoms with Crippen LogP contribution in [-0.4, -0.2) is 50.0 Å². The van der Waals surface area contributed by atoms with E-state index in [-0.39, 0.29) is 24.4 Å². The van der Waals surface area contributed by atoms with E-state index in [1.165, 1.54) is 45.6 Å². The van der Waals surface area contributed by atoms with E-state index in [0.717, 1.165) is 5.56 Å². The van der Waals surface area contributed by atoms with Crippen LogP contribution >= 0.6 is 0 Å². The largest absolute Gasteiger partial charge is 1.00 e. The molecule has 0 heterocycles. The van der Waals surface area contributed by atoms with Crippen molar-refractivity contribution in [2.75, 3.05) is 21.3 Å². The summed E-state index contributed by atoms with van der Waals surface area (Å²) in [5, 5.41) is 0. The van der Waals surface area contributed by atoms with Gasteiger partial charge < -0.3 is 22.8 Å². The van der Waals surface area contributed by atoms with Crippen LogP contribution < -0.4 is 18.9 Å². The molecule has 0 atom stereocenters. The SMILES string of the molecule is CO[Si](CCc1ccc(C(=O)[N-]S(=O)(=O)C(F)(F)F)cc1)(OC)OC.[Li+]. The van der Waals surface area contributed by atoms with Crippen LogP contribution in [0.3, 0.4) is 0 Å². The van der Waals surface area contributed by atoms with Crippen molar-refractivity contribution in [2.45, 2.75) is 18.0 Å². The van der Waals surface area contributed by atoms with Gasteiger partial charge in [-0.15, -0.1) is 0 Å². The minimum atomic E-state index is -5.86. The second kappa shape index (κ2) is 9.89. The number of sulfonamides is 1. The standard InChI is InChI=1S/C13H18F3NO6SSi.Li/c1-21-25(22-2,23-3)9-8-10-4-6-11(7-5-10)12(18)17-24(19,20)13(14,15)16;/h4-7H,8-9H2,1-3H3,(H,17,18);/q;+1/p-1. The van der Waals surface area contributed by atoms with Crippen molar-refractivity contribution in [3.8, 4) is 0 Å². The summed E-state index contributed by atoms with van der Waals surface area (Å²) in [4.78, 5) is 11.6. The number of carbonyl (C=O) groups excluding carboxylic acids is 1. The molecule has 0 aliphatic rings. The predicted octanol–water partition coefficient (Wildman–Crippen LogP) is -0.525. The molecule has 7 nitrogen and oxygen atoms in total. The molecular formula is C13H17F3LiNO6SSi. The topological polar surface area (TPSA) is 93.0 Å². The molecule has 142 valence electrons. The summed E-state index contributed by atoms with van der Waals surface area (Å²) >= 11 is 0. The first-order valence-corrected chi connectivity index (χ1v) is 10.2. The molecule has 0 aliphatic carbocycles. The zero-order chi connectivity index (χ0) is 19.3. The third-order valence-corrected chi connectivity index (χ3v) is 7.07. The van der Waals surface area contributed by atoms with E-state index in [1.807, 2.05) is 0 Å². The van der Waals surface area contributed by atoms with Crippen molar-refractivity contribution >= 4 is 24.7 Å². The Morgan fingerprint density at radius 1 is 1.08 bits per heavy atom. The molecule has 0 aromatic heterocycles.